The van der Waals surface area contributed by atoms with Crippen molar-refractivity contribution in [3.05, 3.63) is 111 Å². The van der Waals surface area contributed by atoms with Gasteiger partial charge in [0.1, 0.15) is 23.3 Å². The maximum absolute atomic E-state index is 14.1. The van der Waals surface area contributed by atoms with Crippen molar-refractivity contribution in [3.8, 4) is 11.5 Å². The van der Waals surface area contributed by atoms with Crippen molar-refractivity contribution in [2.45, 2.75) is 22.7 Å². The number of carbonyl (C=O) groups is 3. The summed E-state index contributed by atoms with van der Waals surface area (Å²) < 4.78 is 12.0. The highest BCUT2D eigenvalue weighted by atomic mass is 32.2. The molecule has 2 aliphatic rings. The van der Waals surface area contributed by atoms with Gasteiger partial charge in [-0.05, 0) is 64.9 Å². The van der Waals surface area contributed by atoms with E-state index in [-0.39, 0.29) is 29.1 Å². The van der Waals surface area contributed by atoms with E-state index >= 15 is 0 Å². The Bertz CT molecular complexity index is 2020. The van der Waals surface area contributed by atoms with Gasteiger partial charge in [-0.2, -0.15) is 0 Å². The molecule has 0 aliphatic carbocycles. The summed E-state index contributed by atoms with van der Waals surface area (Å²) in [5.41, 5.74) is 1.84. The van der Waals surface area contributed by atoms with Gasteiger partial charge in [-0.3, -0.25) is 23.7 Å². The standard InChI is InChI=1S/C34H27N3O6S2/c1-42-24-13-8-20(9-14-24)27-28-29(32(40)37(31(28)39)23-11-15-25(43-2)16-12-23)44-33-30(27)45-34(41)36(33)18-26(38)35-22-10-7-19-5-3-4-6-21(19)17-22/h3-17,27-29H,18H2,1-2H3,(H,35,38)/t27-,28-,29+/m0/s1. The molecule has 7 rings (SSSR count). The maximum atomic E-state index is 14.1. The molecule has 11 heteroatoms. The zero-order chi connectivity index (χ0) is 31.2. The van der Waals surface area contributed by atoms with E-state index in [9.17, 15) is 19.2 Å². The average Bonchev–Trinajstić information content (AvgIpc) is 3.50. The Morgan fingerprint density at radius 1 is 0.822 bits per heavy atom. The van der Waals surface area contributed by atoms with Gasteiger partial charge in [0.05, 0.1) is 30.9 Å². The lowest BCUT2D eigenvalue weighted by atomic mass is 9.83. The monoisotopic (exact) mass is 637 g/mol. The summed E-state index contributed by atoms with van der Waals surface area (Å²) in [5, 5.41) is 4.67. The highest BCUT2D eigenvalue weighted by Gasteiger charge is 2.56. The highest BCUT2D eigenvalue weighted by Crippen LogP contribution is 2.54. The molecule has 9 nitrogen and oxygen atoms in total. The Kier molecular flexibility index (Phi) is 7.42. The van der Waals surface area contributed by atoms with Gasteiger partial charge in [-0.1, -0.05) is 65.6 Å². The first-order chi connectivity index (χ1) is 21.9. The predicted octanol–water partition coefficient (Wildman–Crippen LogP) is 5.51. The SMILES string of the molecule is COc1ccc([C@@H]2c3sc(=O)n(CC(=O)Nc4ccc5ccccc5c4)c3S[C@H]3C(=O)N(c4ccc(OC)cc4)C(=O)[C@@H]23)cc1. The Balaban J connectivity index is 1.25. The molecule has 4 aromatic carbocycles. The van der Waals surface area contributed by atoms with Crippen LogP contribution >= 0.6 is 23.1 Å². The minimum absolute atomic E-state index is 0.235. The number of rotatable bonds is 7. The summed E-state index contributed by atoms with van der Waals surface area (Å²) in [5.74, 6) is -1.14. The third-order valence-corrected chi connectivity index (χ3v) is 10.8. The molecule has 1 aromatic heterocycles. The summed E-state index contributed by atoms with van der Waals surface area (Å²) in [6, 6.07) is 27.5. The normalized spacial score (nSPS) is 18.9. The maximum Gasteiger partial charge on any atom is 0.308 e. The number of benzene rings is 4. The number of hydrogen-bond acceptors (Lipinski definition) is 8. The van der Waals surface area contributed by atoms with E-state index in [1.165, 1.54) is 21.2 Å². The largest absolute Gasteiger partial charge is 0.497 e. The van der Waals surface area contributed by atoms with Gasteiger partial charge in [-0.15, -0.1) is 0 Å². The van der Waals surface area contributed by atoms with Crippen LogP contribution in [0.4, 0.5) is 11.4 Å². The number of anilines is 2. The van der Waals surface area contributed by atoms with Crippen LogP contribution in [0.2, 0.25) is 0 Å². The zero-order valence-corrected chi connectivity index (χ0v) is 25.9. The molecule has 3 atom stereocenters. The number of thioether (sulfide) groups is 1. The Hall–Kier alpha value is -4.87. The van der Waals surface area contributed by atoms with Crippen LogP contribution in [0, 0.1) is 5.92 Å². The fourth-order valence-corrected chi connectivity index (χ4v) is 8.80. The number of ether oxygens (including phenoxy) is 2. The number of fused-ring (bicyclic) bond motifs is 3. The lowest BCUT2D eigenvalue weighted by Crippen LogP contribution is -2.33. The summed E-state index contributed by atoms with van der Waals surface area (Å²) in [7, 11) is 3.12. The molecule has 3 heterocycles. The summed E-state index contributed by atoms with van der Waals surface area (Å²) in [4.78, 5) is 56.3. The second-order valence-electron chi connectivity index (χ2n) is 10.8. The van der Waals surface area contributed by atoms with Gasteiger partial charge in [0.25, 0.3) is 0 Å². The molecule has 226 valence electrons. The minimum atomic E-state index is -0.789. The summed E-state index contributed by atoms with van der Waals surface area (Å²) in [6.07, 6.45) is 0. The molecule has 2 aliphatic heterocycles. The summed E-state index contributed by atoms with van der Waals surface area (Å²) in [6.45, 7) is -0.235. The number of methoxy groups -OCH3 is 2. The topological polar surface area (TPSA) is 107 Å². The number of amides is 3. The lowest BCUT2D eigenvalue weighted by molar-refractivity contribution is -0.122. The zero-order valence-electron chi connectivity index (χ0n) is 24.3. The first-order valence-electron chi connectivity index (χ1n) is 14.2. The van der Waals surface area contributed by atoms with E-state index in [0.29, 0.717) is 32.8 Å². The molecule has 3 amide bonds. The van der Waals surface area contributed by atoms with Gasteiger partial charge in [0.2, 0.25) is 17.7 Å². The molecule has 5 aromatic rings. The van der Waals surface area contributed by atoms with Crippen LogP contribution in [0.3, 0.4) is 0 Å². The van der Waals surface area contributed by atoms with Crippen LogP contribution in [0.5, 0.6) is 11.5 Å². The number of hydrogen-bond donors (Lipinski definition) is 1. The Labute approximate surface area is 266 Å². The van der Waals surface area contributed by atoms with Crippen LogP contribution in [0.25, 0.3) is 10.8 Å². The van der Waals surface area contributed by atoms with Crippen LogP contribution in [0.15, 0.2) is 101 Å². The third-order valence-electron chi connectivity index (χ3n) is 8.19. The fourth-order valence-electron chi connectivity index (χ4n) is 6.02. The number of thiazole rings is 1. The first-order valence-corrected chi connectivity index (χ1v) is 15.9. The third kappa shape index (κ3) is 5.07. The molecular weight excluding hydrogens is 611 g/mol. The average molecular weight is 638 g/mol. The molecule has 0 spiro atoms. The molecule has 1 fully saturated rings. The van der Waals surface area contributed by atoms with Gasteiger partial charge in [0.15, 0.2) is 0 Å². The van der Waals surface area contributed by atoms with Crippen molar-refractivity contribution >= 4 is 63.0 Å². The number of nitrogens with zero attached hydrogens (tertiary/aromatic N) is 2. The molecule has 0 radical (unpaired) electrons. The first kappa shape index (κ1) is 28.9. The van der Waals surface area contributed by atoms with Gasteiger partial charge < -0.3 is 14.8 Å². The minimum Gasteiger partial charge on any atom is -0.497 e. The van der Waals surface area contributed by atoms with E-state index in [4.69, 9.17) is 9.47 Å². The van der Waals surface area contributed by atoms with Gasteiger partial charge >= 0.3 is 4.87 Å². The highest BCUT2D eigenvalue weighted by molar-refractivity contribution is 8.00. The number of nitrogens with one attached hydrogen (secondary N) is 1. The second kappa shape index (κ2) is 11.6. The fraction of sp³-hybridized carbons (Fsp3) is 0.176. The molecule has 0 saturated carbocycles. The van der Waals surface area contributed by atoms with Crippen LogP contribution in [-0.2, 0) is 20.9 Å². The molecular formula is C34H27N3O6S2. The Morgan fingerprint density at radius 2 is 1.49 bits per heavy atom. The van der Waals surface area contributed by atoms with E-state index in [2.05, 4.69) is 5.32 Å². The van der Waals surface area contributed by atoms with E-state index in [1.54, 1.807) is 50.6 Å². The van der Waals surface area contributed by atoms with Gasteiger partial charge in [-0.25, -0.2) is 4.90 Å². The van der Waals surface area contributed by atoms with Crippen molar-refractivity contribution in [1.29, 1.82) is 0 Å². The number of carbonyl (C=O) groups excluding carboxylic acids is 3. The molecule has 0 unspecified atom stereocenters. The predicted molar refractivity (Wildman–Crippen MR) is 175 cm³/mol. The van der Waals surface area contributed by atoms with Crippen LogP contribution in [0.1, 0.15) is 16.4 Å². The van der Waals surface area contributed by atoms with Crippen molar-refractivity contribution in [2.24, 2.45) is 5.92 Å². The second-order valence-corrected chi connectivity index (χ2v) is 12.9. The van der Waals surface area contributed by atoms with Crippen LogP contribution in [-0.4, -0.2) is 41.8 Å². The quantitative estimate of drug-likeness (QED) is 0.235. The van der Waals surface area contributed by atoms with Crippen molar-refractivity contribution in [2.75, 3.05) is 24.4 Å². The van der Waals surface area contributed by atoms with E-state index < -0.39 is 17.1 Å². The van der Waals surface area contributed by atoms with E-state index in [0.717, 1.165) is 27.7 Å². The van der Waals surface area contributed by atoms with E-state index in [1.807, 2.05) is 54.6 Å². The molecule has 45 heavy (non-hydrogen) atoms. The van der Waals surface area contributed by atoms with Crippen LogP contribution < -0.4 is 24.6 Å². The van der Waals surface area contributed by atoms with Crippen molar-refractivity contribution in [1.82, 2.24) is 4.57 Å². The lowest BCUT2D eigenvalue weighted by Gasteiger charge is -2.30. The molecule has 1 N–H and O–H groups in total. The summed E-state index contributed by atoms with van der Waals surface area (Å²) >= 11 is 2.19. The molecule has 1 saturated heterocycles. The molecule has 0 bridgehead atoms. The van der Waals surface area contributed by atoms with Crippen molar-refractivity contribution in [3.63, 3.8) is 0 Å². The smallest absolute Gasteiger partial charge is 0.308 e. The number of imide groups is 1. The number of aromatic nitrogens is 1. The Morgan fingerprint density at radius 3 is 2.18 bits per heavy atom. The van der Waals surface area contributed by atoms with Crippen molar-refractivity contribution < 1.29 is 23.9 Å². The van der Waals surface area contributed by atoms with Gasteiger partial charge in [0, 0.05) is 16.5 Å².